The molecule has 2 rings (SSSR count). The Balaban J connectivity index is 2.86. The average molecular weight is 268 g/mol. The van der Waals surface area contributed by atoms with Crippen molar-refractivity contribution in [3.63, 3.8) is 0 Å². The highest BCUT2D eigenvalue weighted by atomic mass is 79.9. The maximum Gasteiger partial charge on any atom is 0.129 e. The van der Waals surface area contributed by atoms with Crippen LogP contribution in [0.15, 0.2) is 29.0 Å². The lowest BCUT2D eigenvalue weighted by molar-refractivity contribution is 0.410. The van der Waals surface area contributed by atoms with Gasteiger partial charge in [0.1, 0.15) is 16.1 Å². The van der Waals surface area contributed by atoms with Gasteiger partial charge in [0.15, 0.2) is 0 Å². The Bertz CT molecular complexity index is 499. The second-order valence-electron chi connectivity index (χ2n) is 2.99. The van der Waals surface area contributed by atoms with E-state index in [1.807, 2.05) is 18.2 Å². The summed E-state index contributed by atoms with van der Waals surface area (Å²) >= 11 is 3.41. The molecule has 0 bridgehead atoms. The van der Waals surface area contributed by atoms with Gasteiger partial charge in [-0.25, -0.2) is 4.98 Å². The third kappa shape index (κ3) is 1.65. The van der Waals surface area contributed by atoms with E-state index in [2.05, 4.69) is 20.9 Å². The SMILES string of the molecule is COc1ccc(OC)c2c(Br)nccc12. The molecule has 1 heterocycles. The standard InChI is InChI=1S/C11H10BrNO2/c1-14-8-3-4-9(15-2)10-7(8)5-6-13-11(10)12/h3-6H,1-2H3. The first-order valence-electron chi connectivity index (χ1n) is 4.43. The van der Waals surface area contributed by atoms with Crippen LogP contribution in [0.3, 0.4) is 0 Å². The Morgan fingerprint density at radius 1 is 1.07 bits per heavy atom. The van der Waals surface area contributed by atoms with Crippen molar-refractivity contribution in [1.82, 2.24) is 4.98 Å². The first-order chi connectivity index (χ1) is 7.27. The Labute approximate surface area is 96.2 Å². The van der Waals surface area contributed by atoms with E-state index in [-0.39, 0.29) is 0 Å². The Morgan fingerprint density at radius 3 is 2.40 bits per heavy atom. The van der Waals surface area contributed by atoms with E-state index in [0.29, 0.717) is 0 Å². The molecule has 15 heavy (non-hydrogen) atoms. The largest absolute Gasteiger partial charge is 0.496 e. The summed E-state index contributed by atoms with van der Waals surface area (Å²) in [5.41, 5.74) is 0. The molecule has 0 radical (unpaired) electrons. The molecule has 0 spiro atoms. The van der Waals surface area contributed by atoms with Crippen molar-refractivity contribution in [3.05, 3.63) is 29.0 Å². The van der Waals surface area contributed by atoms with Gasteiger partial charge in [0.25, 0.3) is 0 Å². The van der Waals surface area contributed by atoms with Crippen LogP contribution in [-0.4, -0.2) is 19.2 Å². The molecule has 0 saturated heterocycles. The quantitative estimate of drug-likeness (QED) is 0.784. The molecule has 0 saturated carbocycles. The molecule has 2 aromatic rings. The third-order valence-electron chi connectivity index (χ3n) is 2.24. The molecule has 1 aromatic carbocycles. The second kappa shape index (κ2) is 4.06. The maximum atomic E-state index is 5.28. The monoisotopic (exact) mass is 267 g/mol. The van der Waals surface area contributed by atoms with Gasteiger partial charge in [-0.2, -0.15) is 0 Å². The Hall–Kier alpha value is -1.29. The Morgan fingerprint density at radius 2 is 1.73 bits per heavy atom. The minimum atomic E-state index is 0.760. The molecule has 4 heteroatoms. The molecule has 0 aliphatic rings. The molecular weight excluding hydrogens is 258 g/mol. The summed E-state index contributed by atoms with van der Waals surface area (Å²) in [5, 5.41) is 1.91. The normalized spacial score (nSPS) is 10.3. The van der Waals surface area contributed by atoms with E-state index in [1.54, 1.807) is 20.4 Å². The maximum absolute atomic E-state index is 5.28. The summed E-state index contributed by atoms with van der Waals surface area (Å²) in [6.45, 7) is 0. The van der Waals surface area contributed by atoms with Gasteiger partial charge in [-0.1, -0.05) is 0 Å². The van der Waals surface area contributed by atoms with Crippen LogP contribution < -0.4 is 9.47 Å². The molecule has 1 aromatic heterocycles. The summed E-state index contributed by atoms with van der Waals surface area (Å²) < 4.78 is 11.3. The zero-order valence-corrected chi connectivity index (χ0v) is 10.0. The average Bonchev–Trinajstić information content (AvgIpc) is 2.28. The fourth-order valence-electron chi connectivity index (χ4n) is 1.55. The number of ether oxygens (including phenoxy) is 2. The predicted octanol–water partition coefficient (Wildman–Crippen LogP) is 3.01. The molecule has 78 valence electrons. The van der Waals surface area contributed by atoms with Gasteiger partial charge in [0.2, 0.25) is 0 Å². The third-order valence-corrected chi connectivity index (χ3v) is 2.84. The summed E-state index contributed by atoms with van der Waals surface area (Å²) in [7, 11) is 3.29. The smallest absolute Gasteiger partial charge is 0.129 e. The van der Waals surface area contributed by atoms with Gasteiger partial charge < -0.3 is 9.47 Å². The van der Waals surface area contributed by atoms with Gasteiger partial charge in [-0.3, -0.25) is 0 Å². The predicted molar refractivity (Wildman–Crippen MR) is 62.5 cm³/mol. The summed E-state index contributed by atoms with van der Waals surface area (Å²) in [4.78, 5) is 4.17. The summed E-state index contributed by atoms with van der Waals surface area (Å²) in [6.07, 6.45) is 1.73. The number of fused-ring (bicyclic) bond motifs is 1. The molecule has 0 atom stereocenters. The lowest BCUT2D eigenvalue weighted by Gasteiger charge is -2.10. The highest BCUT2D eigenvalue weighted by molar-refractivity contribution is 9.10. The van der Waals surface area contributed by atoms with Crippen molar-refractivity contribution in [2.45, 2.75) is 0 Å². The number of hydrogen-bond donors (Lipinski definition) is 0. The lowest BCUT2D eigenvalue weighted by Crippen LogP contribution is -1.91. The van der Waals surface area contributed by atoms with Crippen molar-refractivity contribution in [2.75, 3.05) is 14.2 Å². The van der Waals surface area contributed by atoms with Crippen LogP contribution in [0.25, 0.3) is 10.8 Å². The van der Waals surface area contributed by atoms with Gasteiger partial charge in [0, 0.05) is 11.6 Å². The number of aromatic nitrogens is 1. The zero-order chi connectivity index (χ0) is 10.8. The molecule has 0 amide bonds. The van der Waals surface area contributed by atoms with E-state index in [0.717, 1.165) is 26.9 Å². The van der Waals surface area contributed by atoms with E-state index < -0.39 is 0 Å². The minimum Gasteiger partial charge on any atom is -0.496 e. The van der Waals surface area contributed by atoms with Crippen LogP contribution in [-0.2, 0) is 0 Å². The number of methoxy groups -OCH3 is 2. The summed E-state index contributed by atoms with van der Waals surface area (Å²) in [5.74, 6) is 1.60. The first kappa shape index (κ1) is 10.2. The Kier molecular flexibility index (Phi) is 2.77. The molecule has 3 nitrogen and oxygen atoms in total. The molecule has 0 fully saturated rings. The van der Waals surface area contributed by atoms with Crippen molar-refractivity contribution in [2.24, 2.45) is 0 Å². The highest BCUT2D eigenvalue weighted by Crippen LogP contribution is 2.36. The van der Waals surface area contributed by atoms with Crippen molar-refractivity contribution >= 4 is 26.7 Å². The van der Waals surface area contributed by atoms with Crippen LogP contribution in [0.4, 0.5) is 0 Å². The van der Waals surface area contributed by atoms with Crippen molar-refractivity contribution < 1.29 is 9.47 Å². The van der Waals surface area contributed by atoms with E-state index in [1.165, 1.54) is 0 Å². The van der Waals surface area contributed by atoms with E-state index >= 15 is 0 Å². The number of benzene rings is 1. The van der Waals surface area contributed by atoms with Crippen LogP contribution in [0.5, 0.6) is 11.5 Å². The van der Waals surface area contributed by atoms with E-state index in [4.69, 9.17) is 9.47 Å². The molecule has 0 N–H and O–H groups in total. The van der Waals surface area contributed by atoms with Crippen LogP contribution in [0.2, 0.25) is 0 Å². The number of hydrogen-bond acceptors (Lipinski definition) is 3. The number of pyridine rings is 1. The molecule has 0 unspecified atom stereocenters. The number of nitrogens with zero attached hydrogens (tertiary/aromatic N) is 1. The second-order valence-corrected chi connectivity index (χ2v) is 3.75. The lowest BCUT2D eigenvalue weighted by atomic mass is 10.1. The van der Waals surface area contributed by atoms with Crippen LogP contribution >= 0.6 is 15.9 Å². The topological polar surface area (TPSA) is 31.4 Å². The minimum absolute atomic E-state index is 0.760. The van der Waals surface area contributed by atoms with Gasteiger partial charge in [-0.15, -0.1) is 0 Å². The van der Waals surface area contributed by atoms with Crippen molar-refractivity contribution in [3.8, 4) is 11.5 Å². The number of halogens is 1. The van der Waals surface area contributed by atoms with Gasteiger partial charge in [0.05, 0.1) is 19.6 Å². The van der Waals surface area contributed by atoms with Crippen molar-refractivity contribution in [1.29, 1.82) is 0 Å². The highest BCUT2D eigenvalue weighted by Gasteiger charge is 2.10. The van der Waals surface area contributed by atoms with E-state index in [9.17, 15) is 0 Å². The zero-order valence-electron chi connectivity index (χ0n) is 8.45. The fraction of sp³-hybridized carbons (Fsp3) is 0.182. The van der Waals surface area contributed by atoms with Gasteiger partial charge >= 0.3 is 0 Å². The van der Waals surface area contributed by atoms with Crippen LogP contribution in [0.1, 0.15) is 0 Å². The molecule has 0 aliphatic heterocycles. The van der Waals surface area contributed by atoms with Gasteiger partial charge in [-0.05, 0) is 34.1 Å². The number of rotatable bonds is 2. The molecular formula is C11H10BrNO2. The molecule has 0 aliphatic carbocycles. The first-order valence-corrected chi connectivity index (χ1v) is 5.22. The van der Waals surface area contributed by atoms with Crippen LogP contribution in [0, 0.1) is 0 Å². The summed E-state index contributed by atoms with van der Waals surface area (Å²) in [6, 6.07) is 5.66. The fourth-order valence-corrected chi connectivity index (χ4v) is 2.08.